The van der Waals surface area contributed by atoms with E-state index in [0.29, 0.717) is 21.6 Å². The van der Waals surface area contributed by atoms with Gasteiger partial charge in [-0.1, -0.05) is 91.0 Å². The van der Waals surface area contributed by atoms with Crippen LogP contribution < -0.4 is 27.0 Å². The molecule has 0 aromatic heterocycles. The number of ether oxygens (including phenoxy) is 1. The van der Waals surface area contributed by atoms with Gasteiger partial charge in [0, 0.05) is 38.2 Å². The minimum absolute atomic E-state index is 0.0162. The molecule has 22 heteroatoms. The van der Waals surface area contributed by atoms with E-state index in [0.717, 1.165) is 28.4 Å². The highest BCUT2D eigenvalue weighted by molar-refractivity contribution is 8.01. The fourth-order valence-electron chi connectivity index (χ4n) is 7.45. The molecular formula is C42H42N10O10S2. The highest BCUT2D eigenvalue weighted by atomic mass is 32.2. The van der Waals surface area contributed by atoms with Crippen LogP contribution in [-0.2, 0) is 43.1 Å². The smallest absolute Gasteiger partial charge is 0.356 e. The lowest BCUT2D eigenvalue weighted by atomic mass is 9.94. The van der Waals surface area contributed by atoms with Crippen molar-refractivity contribution < 1.29 is 47.9 Å². The summed E-state index contributed by atoms with van der Waals surface area (Å²) in [4.78, 5) is 123. The first kappa shape index (κ1) is 44.8. The number of primary amides is 1. The van der Waals surface area contributed by atoms with Crippen molar-refractivity contribution in [2.24, 2.45) is 10.8 Å². The number of thioether (sulfide) groups is 2. The van der Waals surface area contributed by atoms with Crippen molar-refractivity contribution in [2.45, 2.75) is 35.6 Å². The van der Waals surface area contributed by atoms with Crippen molar-refractivity contribution in [3.05, 3.63) is 119 Å². The zero-order valence-corrected chi connectivity index (χ0v) is 35.9. The lowest BCUT2D eigenvalue weighted by molar-refractivity contribution is -0.164. The Morgan fingerprint density at radius 2 is 1.55 bits per heavy atom. The zero-order valence-electron chi connectivity index (χ0n) is 34.3. The summed E-state index contributed by atoms with van der Waals surface area (Å²) in [5, 5.41) is 14.4. The van der Waals surface area contributed by atoms with Crippen molar-refractivity contribution in [1.82, 2.24) is 41.0 Å². The molecule has 4 atom stereocenters. The van der Waals surface area contributed by atoms with Gasteiger partial charge in [-0.3, -0.25) is 48.4 Å². The number of rotatable bonds is 15. The Morgan fingerprint density at radius 1 is 0.938 bits per heavy atom. The molecule has 0 saturated carbocycles. The number of nitrogens with zero attached hydrogens (tertiary/aromatic N) is 5. The molecule has 332 valence electrons. The van der Waals surface area contributed by atoms with Crippen LogP contribution in [0.5, 0.6) is 0 Å². The van der Waals surface area contributed by atoms with Crippen molar-refractivity contribution in [3.63, 3.8) is 0 Å². The number of fused-ring (bicyclic) bond motifs is 1. The summed E-state index contributed by atoms with van der Waals surface area (Å²) in [7, 11) is 1.51. The summed E-state index contributed by atoms with van der Waals surface area (Å²) in [6, 6.07) is 23.2. The lowest BCUT2D eigenvalue weighted by Crippen LogP contribution is -2.85. The first-order valence-corrected chi connectivity index (χ1v) is 21.9. The monoisotopic (exact) mass is 910 g/mol. The minimum atomic E-state index is -2.17. The van der Waals surface area contributed by atoms with E-state index >= 15 is 0 Å². The molecule has 3 aromatic rings. The van der Waals surface area contributed by atoms with Crippen molar-refractivity contribution in [1.29, 1.82) is 0 Å². The van der Waals surface area contributed by atoms with E-state index in [9.17, 15) is 43.2 Å². The molecule has 4 aliphatic rings. The lowest BCUT2D eigenvalue weighted by Gasteiger charge is -2.57. The van der Waals surface area contributed by atoms with Gasteiger partial charge in [0.2, 0.25) is 23.7 Å². The van der Waals surface area contributed by atoms with E-state index in [1.165, 1.54) is 29.1 Å². The number of carbonyl (C=O) groups excluding carboxylic acids is 9. The van der Waals surface area contributed by atoms with E-state index in [1.54, 1.807) is 85.8 Å². The maximum absolute atomic E-state index is 14.7. The third-order valence-electron chi connectivity index (χ3n) is 10.7. The number of amides is 9. The molecule has 4 heterocycles. The number of benzene rings is 3. The number of β-lactam (4-membered cyclic amide) rings is 1. The topological polar surface area (TPSA) is 262 Å². The number of imide groups is 1. The van der Waals surface area contributed by atoms with E-state index in [1.807, 2.05) is 0 Å². The van der Waals surface area contributed by atoms with E-state index in [-0.39, 0.29) is 48.8 Å². The van der Waals surface area contributed by atoms with Crippen molar-refractivity contribution >= 4 is 83.1 Å². The summed E-state index contributed by atoms with van der Waals surface area (Å²) < 4.78 is 6.25. The fraction of sp³-hybridized carbons (Fsp3) is 0.286. The first-order valence-electron chi connectivity index (χ1n) is 19.8. The van der Waals surface area contributed by atoms with Gasteiger partial charge in [0.25, 0.3) is 17.7 Å². The number of piperazine rings is 1. The van der Waals surface area contributed by atoms with Gasteiger partial charge >= 0.3 is 23.8 Å². The van der Waals surface area contributed by atoms with Gasteiger partial charge in [0.1, 0.15) is 17.1 Å². The molecule has 2 fully saturated rings. The van der Waals surface area contributed by atoms with Gasteiger partial charge in [0.05, 0.1) is 0 Å². The number of hydrazone groups is 1. The molecule has 2 unspecified atom stereocenters. The standard InChI is InChI=1S/C42H42N10O10S2/c1-3-50-19-20-51(36(58)35(50)57)40(61)45-28(24-13-7-4-8-14-24)34(56)47-42(44-23-53)38(60)52-30(37(59)62-31(25-15-9-5-10-16-25)26-17-11-6-12-18-26)27(21-63-39(42)52)22-64-41-46-33(55)29(32(43)54)48-49(41)2/h4-18,23,28,31,39,41H,3,19-22H2,1-2H3,(H2,43,54)(H,44,53)(H,45,61)(H,46,55)(H,47,56)/t28?,39-,41?,42+/m0/s1. The zero-order chi connectivity index (χ0) is 45.7. The SMILES string of the molecule is CCN1CCN(C(=O)NC(C(=O)N[C@]2(NC=O)C(=O)N3C(C(=O)OC(c4ccccc4)c4ccccc4)=C(CSC4NC(=O)C(C(N)=O)=NN4C)CS[C@H]32)c2ccccc2)C(=O)C1=O. The van der Waals surface area contributed by atoms with Crippen LogP contribution in [0.25, 0.3) is 0 Å². The van der Waals surface area contributed by atoms with Crippen LogP contribution in [-0.4, -0.2) is 134 Å². The third-order valence-corrected chi connectivity index (χ3v) is 13.3. The van der Waals surface area contributed by atoms with Crippen LogP contribution >= 0.6 is 23.5 Å². The maximum Gasteiger partial charge on any atom is 0.356 e. The molecule has 64 heavy (non-hydrogen) atoms. The van der Waals surface area contributed by atoms with Gasteiger partial charge in [0.15, 0.2) is 11.6 Å². The van der Waals surface area contributed by atoms with Crippen LogP contribution in [0.1, 0.15) is 35.8 Å². The molecule has 0 spiro atoms. The molecule has 7 rings (SSSR count). The number of urea groups is 1. The highest BCUT2D eigenvalue weighted by Gasteiger charge is 2.66. The Kier molecular flexibility index (Phi) is 13.3. The highest BCUT2D eigenvalue weighted by Crippen LogP contribution is 2.47. The van der Waals surface area contributed by atoms with E-state index in [2.05, 4.69) is 26.4 Å². The second-order valence-electron chi connectivity index (χ2n) is 14.6. The largest absolute Gasteiger partial charge is 0.448 e. The Hall–Kier alpha value is -7.20. The number of hydrogen-bond donors (Lipinski definition) is 5. The number of nitrogens with one attached hydrogen (secondary N) is 4. The minimum Gasteiger partial charge on any atom is -0.448 e. The Balaban J connectivity index is 1.20. The molecule has 2 saturated heterocycles. The number of esters is 1. The van der Waals surface area contributed by atoms with Gasteiger partial charge in [-0.15, -0.1) is 23.5 Å². The van der Waals surface area contributed by atoms with Gasteiger partial charge < -0.3 is 36.6 Å². The summed E-state index contributed by atoms with van der Waals surface area (Å²) in [6.45, 7) is 1.89. The number of hydrogen-bond acceptors (Lipinski definition) is 14. The summed E-state index contributed by atoms with van der Waals surface area (Å²) >= 11 is 2.22. The molecule has 0 radical (unpaired) electrons. The fourth-order valence-corrected chi connectivity index (χ4v) is 10.1. The molecular weight excluding hydrogens is 869 g/mol. The van der Waals surface area contributed by atoms with Crippen LogP contribution in [0.3, 0.4) is 0 Å². The average Bonchev–Trinajstić information content (AvgIpc) is 3.30. The Bertz CT molecular complexity index is 2400. The molecule has 4 aliphatic heterocycles. The van der Waals surface area contributed by atoms with Gasteiger partial charge in [-0.05, 0) is 29.2 Å². The third kappa shape index (κ3) is 8.73. The molecule has 20 nitrogen and oxygen atoms in total. The molecule has 9 amide bonds. The van der Waals surface area contributed by atoms with E-state index < -0.39 is 81.8 Å². The van der Waals surface area contributed by atoms with Crippen molar-refractivity contribution in [3.8, 4) is 0 Å². The Morgan fingerprint density at radius 3 is 2.12 bits per heavy atom. The number of likely N-dealkylation sites (N-methyl/N-ethyl adjacent to an activating group) is 1. The molecule has 6 N–H and O–H groups in total. The Labute approximate surface area is 374 Å². The molecule has 0 bridgehead atoms. The van der Waals surface area contributed by atoms with Gasteiger partial charge in [-0.25, -0.2) is 9.59 Å². The number of carbonyl (C=O) groups is 9. The molecule has 0 aliphatic carbocycles. The predicted octanol–water partition coefficient (Wildman–Crippen LogP) is 0.108. The predicted molar refractivity (Wildman–Crippen MR) is 231 cm³/mol. The quantitative estimate of drug-likeness (QED) is 0.0447. The first-order chi connectivity index (χ1) is 30.8. The average molecular weight is 911 g/mol. The van der Waals surface area contributed by atoms with Crippen LogP contribution in [0, 0.1) is 0 Å². The van der Waals surface area contributed by atoms with Gasteiger partial charge in [-0.2, -0.15) is 5.10 Å². The maximum atomic E-state index is 14.7. The molecule has 3 aromatic carbocycles. The van der Waals surface area contributed by atoms with Crippen molar-refractivity contribution in [2.75, 3.05) is 38.2 Å². The normalized spacial score (nSPS) is 21.3. The second-order valence-corrected chi connectivity index (χ2v) is 16.8. The van der Waals surface area contributed by atoms with Crippen LogP contribution in [0.4, 0.5) is 4.79 Å². The van der Waals surface area contributed by atoms with Crippen LogP contribution in [0.2, 0.25) is 0 Å². The second kappa shape index (κ2) is 19.0. The van der Waals surface area contributed by atoms with Crippen LogP contribution in [0.15, 0.2) is 107 Å². The number of nitrogens with two attached hydrogens (primary N) is 1. The van der Waals surface area contributed by atoms with E-state index in [4.69, 9.17) is 10.5 Å². The summed E-state index contributed by atoms with van der Waals surface area (Å²) in [5.41, 5.74) is 3.52. The summed E-state index contributed by atoms with van der Waals surface area (Å²) in [5.74, 6) is -6.53. The summed E-state index contributed by atoms with van der Waals surface area (Å²) in [6.07, 6.45) is -0.717.